The molecular formula is C61H116O5. The molecule has 1 atom stereocenters. The molecule has 0 aliphatic rings. The molecule has 5 nitrogen and oxygen atoms in total. The second-order valence-corrected chi connectivity index (χ2v) is 20.4. The van der Waals surface area contributed by atoms with Crippen molar-refractivity contribution in [1.82, 2.24) is 0 Å². The predicted octanol–water partition coefficient (Wildman–Crippen LogP) is 20.1. The molecule has 0 saturated heterocycles. The number of hydrogen-bond donors (Lipinski definition) is 1. The molecule has 1 N–H and O–H groups in total. The van der Waals surface area contributed by atoms with E-state index < -0.39 is 6.10 Å². The third-order valence-electron chi connectivity index (χ3n) is 13.7. The standard InChI is InChI=1S/C61H116O5/c1-3-5-7-9-11-13-15-17-19-21-23-24-25-26-27-28-29-30-31-32-33-34-35-36-38-40-42-44-46-48-50-52-54-56-61(64)66-59(57-62)58-65-60(63)55-53-51-49-47-45-43-41-39-37-22-20-18-16-14-12-10-8-6-4-2/h18,20-21,23,59,62H,3-17,19,22,24-58H2,1-2H3/b20-18-,23-21-. The smallest absolute Gasteiger partial charge is 0.306 e. The van der Waals surface area contributed by atoms with Crippen LogP contribution in [0.3, 0.4) is 0 Å². The fourth-order valence-electron chi connectivity index (χ4n) is 9.20. The molecule has 390 valence electrons. The van der Waals surface area contributed by atoms with Crippen LogP contribution in [0, 0.1) is 0 Å². The summed E-state index contributed by atoms with van der Waals surface area (Å²) in [6, 6.07) is 0. The van der Waals surface area contributed by atoms with Crippen molar-refractivity contribution in [2.45, 2.75) is 341 Å². The van der Waals surface area contributed by atoms with Gasteiger partial charge in [0.25, 0.3) is 0 Å². The number of aliphatic hydroxyl groups excluding tert-OH is 1. The summed E-state index contributed by atoms with van der Waals surface area (Å²) in [5.74, 6) is -0.574. The molecule has 0 aromatic carbocycles. The summed E-state index contributed by atoms with van der Waals surface area (Å²) in [6.07, 6.45) is 73.2. The fraction of sp³-hybridized carbons (Fsp3) is 0.902. The zero-order valence-corrected chi connectivity index (χ0v) is 44.7. The molecule has 0 radical (unpaired) electrons. The Morgan fingerprint density at radius 3 is 0.818 bits per heavy atom. The number of allylic oxidation sites excluding steroid dienone is 4. The Morgan fingerprint density at radius 1 is 0.333 bits per heavy atom. The van der Waals surface area contributed by atoms with Crippen molar-refractivity contribution < 1.29 is 24.2 Å². The van der Waals surface area contributed by atoms with Crippen LogP contribution in [0.25, 0.3) is 0 Å². The Balaban J connectivity index is 3.39. The van der Waals surface area contributed by atoms with E-state index in [4.69, 9.17) is 9.47 Å². The fourth-order valence-corrected chi connectivity index (χ4v) is 9.20. The first-order valence-electron chi connectivity index (χ1n) is 29.9. The number of esters is 2. The Labute approximate surface area is 413 Å². The van der Waals surface area contributed by atoms with E-state index in [-0.39, 0.29) is 25.2 Å². The van der Waals surface area contributed by atoms with Crippen molar-refractivity contribution in [2.75, 3.05) is 13.2 Å². The lowest BCUT2D eigenvalue weighted by Crippen LogP contribution is -2.28. The van der Waals surface area contributed by atoms with Gasteiger partial charge in [-0.15, -0.1) is 0 Å². The largest absolute Gasteiger partial charge is 0.462 e. The highest BCUT2D eigenvalue weighted by molar-refractivity contribution is 5.70. The maximum Gasteiger partial charge on any atom is 0.306 e. The number of unbranched alkanes of at least 4 members (excludes halogenated alkanes) is 44. The molecule has 0 rings (SSSR count). The van der Waals surface area contributed by atoms with Crippen LogP contribution in [0.2, 0.25) is 0 Å². The van der Waals surface area contributed by atoms with Crippen LogP contribution in [0.5, 0.6) is 0 Å². The van der Waals surface area contributed by atoms with E-state index in [0.717, 1.165) is 38.5 Å². The summed E-state index contributed by atoms with van der Waals surface area (Å²) < 4.78 is 10.7. The minimum atomic E-state index is -0.769. The number of carbonyl (C=O) groups excluding carboxylic acids is 2. The van der Waals surface area contributed by atoms with Crippen molar-refractivity contribution in [3.63, 3.8) is 0 Å². The molecule has 1 unspecified atom stereocenters. The van der Waals surface area contributed by atoms with Gasteiger partial charge in [-0.2, -0.15) is 0 Å². The molecule has 0 fully saturated rings. The van der Waals surface area contributed by atoms with E-state index in [2.05, 4.69) is 38.2 Å². The predicted molar refractivity (Wildman–Crippen MR) is 288 cm³/mol. The normalized spacial score (nSPS) is 12.2. The third-order valence-corrected chi connectivity index (χ3v) is 13.7. The van der Waals surface area contributed by atoms with Gasteiger partial charge in [-0.3, -0.25) is 9.59 Å². The van der Waals surface area contributed by atoms with Gasteiger partial charge < -0.3 is 14.6 Å². The van der Waals surface area contributed by atoms with Crippen LogP contribution in [0.15, 0.2) is 24.3 Å². The average Bonchev–Trinajstić information content (AvgIpc) is 3.32. The van der Waals surface area contributed by atoms with Gasteiger partial charge in [-0.1, -0.05) is 282 Å². The maximum absolute atomic E-state index is 12.3. The van der Waals surface area contributed by atoms with Crippen molar-refractivity contribution in [1.29, 1.82) is 0 Å². The van der Waals surface area contributed by atoms with Crippen LogP contribution < -0.4 is 0 Å². The van der Waals surface area contributed by atoms with E-state index in [1.807, 2.05) is 0 Å². The average molecular weight is 930 g/mol. The Morgan fingerprint density at radius 2 is 0.561 bits per heavy atom. The lowest BCUT2D eigenvalue weighted by Gasteiger charge is -2.15. The van der Waals surface area contributed by atoms with Gasteiger partial charge in [-0.05, 0) is 64.2 Å². The van der Waals surface area contributed by atoms with Gasteiger partial charge in [0.05, 0.1) is 6.61 Å². The summed E-state index contributed by atoms with van der Waals surface area (Å²) in [7, 11) is 0. The second kappa shape index (κ2) is 57.7. The zero-order valence-electron chi connectivity index (χ0n) is 44.7. The molecule has 0 heterocycles. The first kappa shape index (κ1) is 64.4. The quantitative estimate of drug-likeness (QED) is 0.0374. The van der Waals surface area contributed by atoms with Crippen LogP contribution in [0.1, 0.15) is 335 Å². The summed E-state index contributed by atoms with van der Waals surface area (Å²) in [5, 5.41) is 9.65. The van der Waals surface area contributed by atoms with Gasteiger partial charge in [0.2, 0.25) is 0 Å². The highest BCUT2D eigenvalue weighted by Crippen LogP contribution is 2.17. The lowest BCUT2D eigenvalue weighted by atomic mass is 10.0. The molecule has 5 heteroatoms. The van der Waals surface area contributed by atoms with Crippen LogP contribution >= 0.6 is 0 Å². The van der Waals surface area contributed by atoms with Crippen LogP contribution in [-0.4, -0.2) is 36.4 Å². The van der Waals surface area contributed by atoms with Crippen molar-refractivity contribution in [3.05, 3.63) is 24.3 Å². The number of rotatable bonds is 56. The van der Waals surface area contributed by atoms with Gasteiger partial charge >= 0.3 is 11.9 Å². The number of aliphatic hydroxyl groups is 1. The molecule has 0 aliphatic carbocycles. The Bertz CT molecular complexity index is 1010. The summed E-state index contributed by atoms with van der Waals surface area (Å²) in [6.45, 7) is 4.18. The van der Waals surface area contributed by atoms with Gasteiger partial charge in [0.15, 0.2) is 6.10 Å². The molecule has 0 aromatic rings. The molecule has 0 aromatic heterocycles. The van der Waals surface area contributed by atoms with E-state index in [1.165, 1.54) is 270 Å². The monoisotopic (exact) mass is 929 g/mol. The summed E-state index contributed by atoms with van der Waals surface area (Å²) >= 11 is 0. The van der Waals surface area contributed by atoms with E-state index >= 15 is 0 Å². The second-order valence-electron chi connectivity index (χ2n) is 20.4. The molecule has 0 aliphatic heterocycles. The minimum Gasteiger partial charge on any atom is -0.462 e. The topological polar surface area (TPSA) is 72.8 Å². The summed E-state index contributed by atoms with van der Waals surface area (Å²) in [5.41, 5.74) is 0. The van der Waals surface area contributed by atoms with Gasteiger partial charge in [-0.25, -0.2) is 0 Å². The number of carbonyl (C=O) groups is 2. The highest BCUT2D eigenvalue weighted by atomic mass is 16.6. The number of hydrogen-bond acceptors (Lipinski definition) is 5. The third kappa shape index (κ3) is 55.0. The molecular weight excluding hydrogens is 813 g/mol. The summed E-state index contributed by atoms with van der Waals surface area (Å²) in [4.78, 5) is 24.5. The lowest BCUT2D eigenvalue weighted by molar-refractivity contribution is -0.161. The van der Waals surface area contributed by atoms with Crippen molar-refractivity contribution in [2.24, 2.45) is 0 Å². The molecule has 0 amide bonds. The molecule has 0 bridgehead atoms. The number of ether oxygens (including phenoxy) is 2. The first-order valence-corrected chi connectivity index (χ1v) is 29.9. The van der Waals surface area contributed by atoms with E-state index in [0.29, 0.717) is 12.8 Å². The first-order chi connectivity index (χ1) is 32.6. The molecule has 0 spiro atoms. The van der Waals surface area contributed by atoms with Crippen LogP contribution in [-0.2, 0) is 19.1 Å². The minimum absolute atomic E-state index is 0.0611. The van der Waals surface area contributed by atoms with Crippen LogP contribution in [0.4, 0.5) is 0 Å². The maximum atomic E-state index is 12.3. The van der Waals surface area contributed by atoms with E-state index in [9.17, 15) is 14.7 Å². The van der Waals surface area contributed by atoms with Crippen molar-refractivity contribution >= 4 is 11.9 Å². The zero-order chi connectivity index (χ0) is 47.7. The molecule has 0 saturated carbocycles. The van der Waals surface area contributed by atoms with E-state index in [1.54, 1.807) is 0 Å². The van der Waals surface area contributed by atoms with Gasteiger partial charge in [0, 0.05) is 12.8 Å². The molecule has 66 heavy (non-hydrogen) atoms. The van der Waals surface area contributed by atoms with Crippen molar-refractivity contribution in [3.8, 4) is 0 Å². The highest BCUT2D eigenvalue weighted by Gasteiger charge is 2.16. The SMILES string of the molecule is CCCCCCCC/C=C\CCCCCCCCCCCC(=O)OCC(CO)OC(=O)CCCCCCCCCCCCCCCCCCCCCCC/C=C\CCCCCCCCCC. The Kier molecular flexibility index (Phi) is 56.3. The van der Waals surface area contributed by atoms with Gasteiger partial charge in [0.1, 0.15) is 6.61 Å². The Hall–Kier alpha value is -1.62.